The third-order valence-corrected chi connectivity index (χ3v) is 4.04. The summed E-state index contributed by atoms with van der Waals surface area (Å²) in [5.74, 6) is -0.227. The lowest BCUT2D eigenvalue weighted by Crippen LogP contribution is -2.37. The summed E-state index contributed by atoms with van der Waals surface area (Å²) in [5.41, 5.74) is -0.277. The van der Waals surface area contributed by atoms with E-state index >= 15 is 0 Å². The van der Waals surface area contributed by atoms with Crippen LogP contribution in [0.3, 0.4) is 0 Å². The van der Waals surface area contributed by atoms with Crippen molar-refractivity contribution >= 4 is 11.6 Å². The molecule has 2 aromatic carbocycles. The average molecular weight is 368 g/mol. The van der Waals surface area contributed by atoms with E-state index in [2.05, 4.69) is 6.58 Å². The molecule has 1 atom stereocenters. The smallest absolute Gasteiger partial charge is 0.196 e. The van der Waals surface area contributed by atoms with Gasteiger partial charge in [0.15, 0.2) is 11.6 Å². The zero-order valence-electron chi connectivity index (χ0n) is 15.8. The van der Waals surface area contributed by atoms with Crippen LogP contribution >= 0.6 is 0 Å². The number of hydrogen-bond acceptors (Lipinski definition) is 5. The number of carbonyl (C=O) groups excluding carboxylic acids is 2. The van der Waals surface area contributed by atoms with Crippen molar-refractivity contribution in [2.24, 2.45) is 0 Å². The molecule has 0 amide bonds. The Morgan fingerprint density at radius 1 is 1.19 bits per heavy atom. The summed E-state index contributed by atoms with van der Waals surface area (Å²) in [5, 5.41) is 10.2. The number of aromatic hydroxyl groups is 1. The van der Waals surface area contributed by atoms with Gasteiger partial charge in [0, 0.05) is 11.6 Å². The summed E-state index contributed by atoms with van der Waals surface area (Å²) in [7, 11) is 0. The van der Waals surface area contributed by atoms with Gasteiger partial charge in [0.25, 0.3) is 0 Å². The Morgan fingerprint density at radius 3 is 2.44 bits per heavy atom. The Kier molecular flexibility index (Phi) is 6.53. The topological polar surface area (TPSA) is 72.8 Å². The predicted octanol–water partition coefficient (Wildman–Crippen LogP) is 3.94. The molecule has 0 spiro atoms. The number of hydrogen-bond donors (Lipinski definition) is 1. The molecule has 1 N–H and O–H groups in total. The molecule has 5 heteroatoms. The van der Waals surface area contributed by atoms with Gasteiger partial charge >= 0.3 is 0 Å². The van der Waals surface area contributed by atoms with Gasteiger partial charge in [-0.25, -0.2) is 0 Å². The van der Waals surface area contributed by atoms with Gasteiger partial charge in [0.2, 0.25) is 0 Å². The van der Waals surface area contributed by atoms with E-state index in [0.717, 1.165) is 0 Å². The summed E-state index contributed by atoms with van der Waals surface area (Å²) in [6.45, 7) is 8.76. The number of ketones is 2. The first kappa shape index (κ1) is 20.4. The number of ether oxygens (including phenoxy) is 2. The SMILES string of the molecule is C=CC(=O)C(C)(C)OCC(C)Oc1ccc(C(=O)c2ccccc2)c(O)c1. The molecule has 0 fully saturated rings. The number of phenolic OH excluding ortho intramolecular Hbond substituents is 1. The maximum absolute atomic E-state index is 12.4. The van der Waals surface area contributed by atoms with Crippen molar-refractivity contribution in [3.63, 3.8) is 0 Å². The molecule has 0 aliphatic carbocycles. The lowest BCUT2D eigenvalue weighted by atomic mass is 10.0. The fourth-order valence-corrected chi connectivity index (χ4v) is 2.43. The maximum Gasteiger partial charge on any atom is 0.196 e. The van der Waals surface area contributed by atoms with Gasteiger partial charge in [-0.3, -0.25) is 9.59 Å². The van der Waals surface area contributed by atoms with Crippen LogP contribution in [0.4, 0.5) is 0 Å². The molecule has 5 nitrogen and oxygen atoms in total. The molecule has 2 rings (SSSR count). The Morgan fingerprint density at radius 2 is 1.85 bits per heavy atom. The number of phenols is 1. The highest BCUT2D eigenvalue weighted by Crippen LogP contribution is 2.26. The first-order chi connectivity index (χ1) is 12.7. The second-order valence-electron chi connectivity index (χ2n) is 6.69. The third-order valence-electron chi connectivity index (χ3n) is 4.04. The molecule has 0 heterocycles. The number of carbonyl (C=O) groups is 2. The zero-order chi connectivity index (χ0) is 20.0. The molecule has 0 bridgehead atoms. The maximum atomic E-state index is 12.4. The van der Waals surface area contributed by atoms with Crippen LogP contribution < -0.4 is 4.74 Å². The lowest BCUT2D eigenvalue weighted by molar-refractivity contribution is -0.137. The lowest BCUT2D eigenvalue weighted by Gasteiger charge is -2.25. The van der Waals surface area contributed by atoms with Crippen molar-refractivity contribution < 1.29 is 24.2 Å². The van der Waals surface area contributed by atoms with Crippen LogP contribution in [0.15, 0.2) is 61.2 Å². The second-order valence-corrected chi connectivity index (χ2v) is 6.69. The molecule has 0 aromatic heterocycles. The quantitative estimate of drug-likeness (QED) is 0.536. The van der Waals surface area contributed by atoms with Crippen LogP contribution in [-0.2, 0) is 9.53 Å². The fourth-order valence-electron chi connectivity index (χ4n) is 2.43. The van der Waals surface area contributed by atoms with Crippen LogP contribution in [0.25, 0.3) is 0 Å². The molecule has 0 radical (unpaired) electrons. The highest BCUT2D eigenvalue weighted by molar-refractivity contribution is 6.10. The molecule has 0 aliphatic heterocycles. The first-order valence-electron chi connectivity index (χ1n) is 8.65. The number of rotatable bonds is 9. The monoisotopic (exact) mass is 368 g/mol. The van der Waals surface area contributed by atoms with Crippen molar-refractivity contribution in [1.82, 2.24) is 0 Å². The third kappa shape index (κ3) is 5.28. The van der Waals surface area contributed by atoms with Gasteiger partial charge in [-0.1, -0.05) is 36.9 Å². The highest BCUT2D eigenvalue weighted by atomic mass is 16.5. The normalized spacial score (nSPS) is 12.3. The number of benzene rings is 2. The average Bonchev–Trinajstić information content (AvgIpc) is 2.66. The molecule has 0 aliphatic rings. The molecular formula is C22H24O5. The molecular weight excluding hydrogens is 344 g/mol. The molecule has 1 unspecified atom stereocenters. The van der Waals surface area contributed by atoms with Gasteiger partial charge in [-0.15, -0.1) is 0 Å². The van der Waals surface area contributed by atoms with Crippen LogP contribution in [0, 0.1) is 0 Å². The van der Waals surface area contributed by atoms with Crippen molar-refractivity contribution in [3.05, 3.63) is 72.3 Å². The zero-order valence-corrected chi connectivity index (χ0v) is 15.8. The van der Waals surface area contributed by atoms with Crippen molar-refractivity contribution in [2.45, 2.75) is 32.5 Å². The van der Waals surface area contributed by atoms with Crippen LogP contribution in [0.1, 0.15) is 36.7 Å². The minimum absolute atomic E-state index is 0.156. The fraction of sp³-hybridized carbons (Fsp3) is 0.273. The van der Waals surface area contributed by atoms with E-state index in [1.165, 1.54) is 18.2 Å². The van der Waals surface area contributed by atoms with Crippen LogP contribution in [0.5, 0.6) is 11.5 Å². The van der Waals surface area contributed by atoms with Crippen LogP contribution in [0.2, 0.25) is 0 Å². The van der Waals surface area contributed by atoms with E-state index in [1.54, 1.807) is 51.1 Å². The Labute approximate surface area is 159 Å². The largest absolute Gasteiger partial charge is 0.507 e. The highest BCUT2D eigenvalue weighted by Gasteiger charge is 2.26. The van der Waals surface area contributed by atoms with E-state index in [4.69, 9.17) is 9.47 Å². The van der Waals surface area contributed by atoms with Crippen molar-refractivity contribution in [2.75, 3.05) is 6.61 Å². The summed E-state index contributed by atoms with van der Waals surface area (Å²) in [6.07, 6.45) is 0.864. The molecule has 2 aromatic rings. The molecule has 27 heavy (non-hydrogen) atoms. The first-order valence-corrected chi connectivity index (χ1v) is 8.65. The van der Waals surface area contributed by atoms with Crippen molar-refractivity contribution in [1.29, 1.82) is 0 Å². The van der Waals surface area contributed by atoms with Gasteiger partial charge in [-0.05, 0) is 39.0 Å². The summed E-state index contributed by atoms with van der Waals surface area (Å²) in [4.78, 5) is 24.2. The molecule has 0 saturated heterocycles. The van der Waals surface area contributed by atoms with Crippen molar-refractivity contribution in [3.8, 4) is 11.5 Å². The Balaban J connectivity index is 2.02. The Bertz CT molecular complexity index is 824. The van der Waals surface area contributed by atoms with Gasteiger partial charge in [0.05, 0.1) is 12.2 Å². The van der Waals surface area contributed by atoms with Crippen LogP contribution in [-0.4, -0.2) is 35.0 Å². The van der Waals surface area contributed by atoms with Gasteiger partial charge < -0.3 is 14.6 Å². The van der Waals surface area contributed by atoms with E-state index in [-0.39, 0.29) is 35.6 Å². The minimum atomic E-state index is -0.979. The summed E-state index contributed by atoms with van der Waals surface area (Å²) >= 11 is 0. The Hall–Kier alpha value is -2.92. The van der Waals surface area contributed by atoms with Gasteiger partial charge in [0.1, 0.15) is 23.2 Å². The predicted molar refractivity (Wildman–Crippen MR) is 103 cm³/mol. The van der Waals surface area contributed by atoms with E-state index in [0.29, 0.717) is 11.3 Å². The summed E-state index contributed by atoms with van der Waals surface area (Å²) in [6, 6.07) is 13.3. The minimum Gasteiger partial charge on any atom is -0.507 e. The van der Waals surface area contributed by atoms with E-state index in [9.17, 15) is 14.7 Å². The van der Waals surface area contributed by atoms with E-state index in [1.807, 2.05) is 6.07 Å². The standard InChI is InChI=1S/C22H24O5/c1-5-20(24)22(3,4)26-14-15(2)27-17-11-12-18(19(23)13-17)21(25)16-9-7-6-8-10-16/h5-13,15,23H,1,14H2,2-4H3. The molecule has 142 valence electrons. The second kappa shape index (κ2) is 8.64. The van der Waals surface area contributed by atoms with Gasteiger partial charge in [-0.2, -0.15) is 0 Å². The van der Waals surface area contributed by atoms with E-state index < -0.39 is 5.60 Å². The summed E-state index contributed by atoms with van der Waals surface area (Å²) < 4.78 is 11.3. The molecule has 0 saturated carbocycles.